The highest BCUT2D eigenvalue weighted by Gasteiger charge is 2.10. The van der Waals surface area contributed by atoms with Gasteiger partial charge < -0.3 is 4.42 Å². The predicted molar refractivity (Wildman–Crippen MR) is 59.7 cm³/mol. The first-order chi connectivity index (χ1) is 7.76. The number of nitrogens with zero attached hydrogens (tertiary/aromatic N) is 1. The summed E-state index contributed by atoms with van der Waals surface area (Å²) in [4.78, 5) is 21.4. The minimum atomic E-state index is 0.185. The van der Waals surface area contributed by atoms with Crippen LogP contribution in [0.5, 0.6) is 0 Å². The third-order valence-electron chi connectivity index (χ3n) is 2.35. The number of nitroso groups, excluding NO2 is 1. The van der Waals surface area contributed by atoms with Gasteiger partial charge in [0.05, 0.1) is 6.26 Å². The molecule has 0 saturated carbocycles. The summed E-state index contributed by atoms with van der Waals surface area (Å²) in [7, 11) is 0. The van der Waals surface area contributed by atoms with Gasteiger partial charge in [0.2, 0.25) is 0 Å². The van der Waals surface area contributed by atoms with Crippen LogP contribution >= 0.6 is 0 Å². The highest BCUT2D eigenvalue weighted by Crippen LogP contribution is 2.29. The Labute approximate surface area is 91.9 Å². The molecule has 0 amide bonds. The lowest BCUT2D eigenvalue weighted by molar-refractivity contribution is 0.112. The molecule has 1 aromatic carbocycles. The molecule has 0 atom stereocenters. The van der Waals surface area contributed by atoms with E-state index in [0.29, 0.717) is 17.6 Å². The van der Waals surface area contributed by atoms with Crippen molar-refractivity contribution in [2.45, 2.75) is 6.92 Å². The molecule has 2 aromatic rings. The summed E-state index contributed by atoms with van der Waals surface area (Å²) in [6.07, 6.45) is 2.17. The standard InChI is InChI=1S/C12H9NO3/c1-8-5-9(11-3-2-4-16-11)6-10(7-14)12(8)13-15/h2-7H,1H3. The number of aryl methyl sites for hydroxylation is 1. The number of carbonyl (C=O) groups is 1. The molecule has 0 saturated heterocycles. The molecule has 0 N–H and O–H groups in total. The van der Waals surface area contributed by atoms with Crippen molar-refractivity contribution in [3.05, 3.63) is 46.6 Å². The SMILES string of the molecule is Cc1cc(-c2ccco2)cc(C=O)c1N=O. The summed E-state index contributed by atoms with van der Waals surface area (Å²) in [5.41, 5.74) is 1.88. The van der Waals surface area contributed by atoms with Gasteiger partial charge in [-0.25, -0.2) is 0 Å². The van der Waals surface area contributed by atoms with Crippen LogP contribution in [-0.4, -0.2) is 6.29 Å². The second-order valence-corrected chi connectivity index (χ2v) is 3.42. The van der Waals surface area contributed by atoms with Crippen LogP contribution in [0, 0.1) is 11.8 Å². The van der Waals surface area contributed by atoms with Gasteiger partial charge in [-0.3, -0.25) is 4.79 Å². The predicted octanol–water partition coefficient (Wildman–Crippen LogP) is 3.47. The summed E-state index contributed by atoms with van der Waals surface area (Å²) in [6.45, 7) is 1.73. The van der Waals surface area contributed by atoms with Gasteiger partial charge in [0.1, 0.15) is 11.4 Å². The Balaban J connectivity index is 2.63. The maximum Gasteiger partial charge on any atom is 0.152 e. The van der Waals surface area contributed by atoms with Crippen molar-refractivity contribution in [2.24, 2.45) is 5.18 Å². The largest absolute Gasteiger partial charge is 0.464 e. The monoisotopic (exact) mass is 215 g/mol. The van der Waals surface area contributed by atoms with Gasteiger partial charge in [-0.2, -0.15) is 0 Å². The van der Waals surface area contributed by atoms with Crippen LogP contribution < -0.4 is 0 Å². The average molecular weight is 215 g/mol. The number of hydrogen-bond donors (Lipinski definition) is 0. The van der Waals surface area contributed by atoms with E-state index in [2.05, 4.69) is 5.18 Å². The van der Waals surface area contributed by atoms with Crippen molar-refractivity contribution in [3.8, 4) is 11.3 Å². The zero-order valence-corrected chi connectivity index (χ0v) is 8.64. The zero-order valence-electron chi connectivity index (χ0n) is 8.64. The molecule has 0 aliphatic heterocycles. The molecule has 0 unspecified atom stereocenters. The highest BCUT2D eigenvalue weighted by atomic mass is 16.3. The molecule has 1 heterocycles. The van der Waals surface area contributed by atoms with Crippen LogP contribution in [0.15, 0.2) is 40.1 Å². The van der Waals surface area contributed by atoms with Gasteiger partial charge in [0.15, 0.2) is 6.29 Å². The number of rotatable bonds is 3. The summed E-state index contributed by atoms with van der Waals surface area (Å²) >= 11 is 0. The zero-order chi connectivity index (χ0) is 11.5. The van der Waals surface area contributed by atoms with Crippen molar-refractivity contribution < 1.29 is 9.21 Å². The molecule has 4 nitrogen and oxygen atoms in total. The highest BCUT2D eigenvalue weighted by molar-refractivity contribution is 5.87. The number of carbonyl (C=O) groups excluding carboxylic acids is 1. The van der Waals surface area contributed by atoms with E-state index in [1.807, 2.05) is 0 Å². The maximum absolute atomic E-state index is 10.8. The van der Waals surface area contributed by atoms with E-state index < -0.39 is 0 Å². The first kappa shape index (κ1) is 10.3. The van der Waals surface area contributed by atoms with Gasteiger partial charge in [-0.1, -0.05) is 0 Å². The molecule has 0 radical (unpaired) electrons. The maximum atomic E-state index is 10.8. The van der Waals surface area contributed by atoms with Crippen LogP contribution in [0.25, 0.3) is 11.3 Å². The van der Waals surface area contributed by atoms with Crippen molar-refractivity contribution in [1.82, 2.24) is 0 Å². The Hall–Kier alpha value is -2.23. The average Bonchev–Trinajstić information content (AvgIpc) is 2.81. The van der Waals surface area contributed by atoms with Crippen LogP contribution in [-0.2, 0) is 0 Å². The van der Waals surface area contributed by atoms with E-state index in [1.165, 1.54) is 0 Å². The van der Waals surface area contributed by atoms with E-state index >= 15 is 0 Å². The topological polar surface area (TPSA) is 59.6 Å². The van der Waals surface area contributed by atoms with E-state index in [4.69, 9.17) is 4.42 Å². The minimum Gasteiger partial charge on any atom is -0.464 e. The molecule has 4 heteroatoms. The minimum absolute atomic E-state index is 0.185. The molecule has 1 aromatic heterocycles. The Kier molecular flexibility index (Phi) is 2.64. The van der Waals surface area contributed by atoms with Gasteiger partial charge in [-0.15, -0.1) is 4.91 Å². The number of hydrogen-bond acceptors (Lipinski definition) is 4. The van der Waals surface area contributed by atoms with E-state index in [1.54, 1.807) is 37.5 Å². The van der Waals surface area contributed by atoms with Crippen LogP contribution in [0.4, 0.5) is 5.69 Å². The van der Waals surface area contributed by atoms with Gasteiger partial charge in [0, 0.05) is 11.1 Å². The van der Waals surface area contributed by atoms with Gasteiger partial charge >= 0.3 is 0 Å². The Morgan fingerprint density at radius 2 is 2.19 bits per heavy atom. The lowest BCUT2D eigenvalue weighted by Crippen LogP contribution is -1.87. The summed E-state index contributed by atoms with van der Waals surface area (Å²) in [5, 5.41) is 2.85. The lowest BCUT2D eigenvalue weighted by Gasteiger charge is -2.04. The number of furan rings is 1. The van der Waals surface area contributed by atoms with Gasteiger partial charge in [-0.05, 0) is 41.9 Å². The quantitative estimate of drug-likeness (QED) is 0.581. The Morgan fingerprint density at radius 1 is 1.38 bits per heavy atom. The summed E-state index contributed by atoms with van der Waals surface area (Å²) in [6, 6.07) is 6.91. The number of benzene rings is 1. The molecular formula is C12H9NO3. The first-order valence-electron chi connectivity index (χ1n) is 4.73. The number of aldehydes is 1. The molecule has 2 rings (SSSR count). The summed E-state index contributed by atoms with van der Waals surface area (Å²) in [5.74, 6) is 0.656. The molecule has 0 spiro atoms. The van der Waals surface area contributed by atoms with Crippen LogP contribution in [0.1, 0.15) is 15.9 Å². The fourth-order valence-electron chi connectivity index (χ4n) is 1.61. The van der Waals surface area contributed by atoms with Crippen molar-refractivity contribution in [1.29, 1.82) is 0 Å². The lowest BCUT2D eigenvalue weighted by atomic mass is 10.0. The first-order valence-corrected chi connectivity index (χ1v) is 4.73. The Bertz CT molecular complexity index is 529. The fraction of sp³-hybridized carbons (Fsp3) is 0.0833. The molecule has 0 bridgehead atoms. The third-order valence-corrected chi connectivity index (χ3v) is 2.35. The second kappa shape index (κ2) is 4.10. The van der Waals surface area contributed by atoms with Crippen LogP contribution in [0.3, 0.4) is 0 Å². The summed E-state index contributed by atoms with van der Waals surface area (Å²) < 4.78 is 5.22. The second-order valence-electron chi connectivity index (χ2n) is 3.42. The van der Waals surface area contributed by atoms with E-state index in [0.717, 1.165) is 5.56 Å². The van der Waals surface area contributed by atoms with Crippen LogP contribution in [0.2, 0.25) is 0 Å². The van der Waals surface area contributed by atoms with Crippen molar-refractivity contribution >= 4 is 12.0 Å². The molecule has 0 fully saturated rings. The Morgan fingerprint density at radius 3 is 2.75 bits per heavy atom. The smallest absolute Gasteiger partial charge is 0.152 e. The van der Waals surface area contributed by atoms with Crippen molar-refractivity contribution in [3.63, 3.8) is 0 Å². The van der Waals surface area contributed by atoms with E-state index in [9.17, 15) is 9.70 Å². The third kappa shape index (κ3) is 1.65. The molecule has 0 aliphatic rings. The fourth-order valence-corrected chi connectivity index (χ4v) is 1.61. The molecular weight excluding hydrogens is 206 g/mol. The normalized spacial score (nSPS) is 10.1. The molecule has 0 aliphatic carbocycles. The molecule has 80 valence electrons. The van der Waals surface area contributed by atoms with Crippen molar-refractivity contribution in [2.75, 3.05) is 0 Å². The van der Waals surface area contributed by atoms with Gasteiger partial charge in [0.25, 0.3) is 0 Å². The van der Waals surface area contributed by atoms with E-state index in [-0.39, 0.29) is 11.3 Å². The molecule has 16 heavy (non-hydrogen) atoms.